The summed E-state index contributed by atoms with van der Waals surface area (Å²) in [4.78, 5) is 11.6. The van der Waals surface area contributed by atoms with E-state index in [0.29, 0.717) is 6.01 Å². The van der Waals surface area contributed by atoms with Gasteiger partial charge in [0.05, 0.1) is 24.9 Å². The maximum Gasteiger partial charge on any atom is 0.316 e. The largest absolute Gasteiger partial charge is 0.467 e. The van der Waals surface area contributed by atoms with Crippen LogP contribution in [0.15, 0.2) is 12.4 Å². The SMILES string of the molecule is COc1ncc2[nH]cc(C3CNCCCO3)c2n1. The van der Waals surface area contributed by atoms with Crippen molar-refractivity contribution in [3.05, 3.63) is 18.0 Å². The predicted octanol–water partition coefficient (Wildman–Crippen LogP) is 1.02. The fourth-order valence-electron chi connectivity index (χ4n) is 2.17. The summed E-state index contributed by atoms with van der Waals surface area (Å²) in [6.45, 7) is 2.57. The van der Waals surface area contributed by atoms with E-state index in [2.05, 4.69) is 20.3 Å². The maximum absolute atomic E-state index is 5.85. The molecular weight excluding hydrogens is 232 g/mol. The highest BCUT2D eigenvalue weighted by molar-refractivity contribution is 5.78. The molecule has 96 valence electrons. The summed E-state index contributed by atoms with van der Waals surface area (Å²) in [7, 11) is 1.57. The van der Waals surface area contributed by atoms with Gasteiger partial charge in [-0.15, -0.1) is 0 Å². The molecule has 0 amide bonds. The molecule has 0 saturated carbocycles. The van der Waals surface area contributed by atoms with Gasteiger partial charge in [0.2, 0.25) is 0 Å². The number of H-pyrrole nitrogens is 1. The minimum atomic E-state index is 0.0286. The lowest BCUT2D eigenvalue weighted by Gasteiger charge is -2.13. The van der Waals surface area contributed by atoms with Crippen molar-refractivity contribution in [3.8, 4) is 6.01 Å². The lowest BCUT2D eigenvalue weighted by Crippen LogP contribution is -2.20. The Hall–Kier alpha value is -1.66. The third-order valence-electron chi connectivity index (χ3n) is 3.10. The lowest BCUT2D eigenvalue weighted by molar-refractivity contribution is 0.0677. The molecule has 1 saturated heterocycles. The number of fused-ring (bicyclic) bond motifs is 1. The molecule has 2 N–H and O–H groups in total. The van der Waals surface area contributed by atoms with Crippen LogP contribution >= 0.6 is 0 Å². The van der Waals surface area contributed by atoms with Gasteiger partial charge in [0.15, 0.2) is 0 Å². The van der Waals surface area contributed by atoms with Crippen molar-refractivity contribution in [1.29, 1.82) is 0 Å². The Bertz CT molecular complexity index is 532. The van der Waals surface area contributed by atoms with Crippen LogP contribution in [0.1, 0.15) is 18.1 Å². The minimum absolute atomic E-state index is 0.0286. The van der Waals surface area contributed by atoms with Gasteiger partial charge in [0.1, 0.15) is 5.52 Å². The molecule has 1 unspecified atom stereocenters. The number of nitrogens with zero attached hydrogens (tertiary/aromatic N) is 2. The van der Waals surface area contributed by atoms with Crippen LogP contribution < -0.4 is 10.1 Å². The molecule has 0 aliphatic carbocycles. The second-order valence-corrected chi connectivity index (χ2v) is 4.28. The molecular formula is C12H16N4O2. The fourth-order valence-corrected chi connectivity index (χ4v) is 2.17. The average molecular weight is 248 g/mol. The molecule has 3 heterocycles. The third kappa shape index (κ3) is 2.04. The zero-order chi connectivity index (χ0) is 12.4. The number of nitrogens with one attached hydrogen (secondary N) is 2. The molecule has 3 rings (SSSR count). The molecule has 1 atom stereocenters. The van der Waals surface area contributed by atoms with Crippen LogP contribution in [0.5, 0.6) is 6.01 Å². The van der Waals surface area contributed by atoms with Crippen molar-refractivity contribution in [2.45, 2.75) is 12.5 Å². The van der Waals surface area contributed by atoms with Gasteiger partial charge >= 0.3 is 6.01 Å². The molecule has 2 aromatic heterocycles. The molecule has 6 heteroatoms. The third-order valence-corrected chi connectivity index (χ3v) is 3.10. The number of hydrogen-bond acceptors (Lipinski definition) is 5. The summed E-state index contributed by atoms with van der Waals surface area (Å²) >= 11 is 0. The average Bonchev–Trinajstić information content (AvgIpc) is 2.64. The Morgan fingerprint density at radius 3 is 3.33 bits per heavy atom. The van der Waals surface area contributed by atoms with Crippen LogP contribution in [0.4, 0.5) is 0 Å². The van der Waals surface area contributed by atoms with Crippen molar-refractivity contribution >= 4 is 11.0 Å². The van der Waals surface area contributed by atoms with Crippen LogP contribution in [0, 0.1) is 0 Å². The van der Waals surface area contributed by atoms with Crippen molar-refractivity contribution in [2.75, 3.05) is 26.8 Å². The van der Waals surface area contributed by atoms with E-state index < -0.39 is 0 Å². The summed E-state index contributed by atoms with van der Waals surface area (Å²) < 4.78 is 10.9. The van der Waals surface area contributed by atoms with Gasteiger partial charge in [-0.1, -0.05) is 0 Å². The van der Waals surface area contributed by atoms with Gasteiger partial charge in [-0.2, -0.15) is 4.98 Å². The first kappa shape index (κ1) is 11.4. The van der Waals surface area contributed by atoms with Gasteiger partial charge in [0, 0.05) is 24.9 Å². The number of ether oxygens (including phenoxy) is 2. The van der Waals surface area contributed by atoms with E-state index >= 15 is 0 Å². The highest BCUT2D eigenvalue weighted by Gasteiger charge is 2.19. The first-order valence-electron chi connectivity index (χ1n) is 6.09. The Labute approximate surface area is 105 Å². The van der Waals surface area contributed by atoms with E-state index in [9.17, 15) is 0 Å². The normalized spacial score (nSPS) is 20.8. The molecule has 1 aliphatic rings. The highest BCUT2D eigenvalue weighted by atomic mass is 16.5. The van der Waals surface area contributed by atoms with Gasteiger partial charge in [-0.3, -0.25) is 0 Å². The molecule has 0 radical (unpaired) electrons. The number of hydrogen-bond donors (Lipinski definition) is 2. The molecule has 0 bridgehead atoms. The van der Waals surface area contributed by atoms with Gasteiger partial charge in [-0.05, 0) is 13.0 Å². The van der Waals surface area contributed by atoms with E-state index in [-0.39, 0.29) is 6.10 Å². The van der Waals surface area contributed by atoms with Crippen LogP contribution in [0.25, 0.3) is 11.0 Å². The molecule has 0 aromatic carbocycles. The Balaban J connectivity index is 1.99. The van der Waals surface area contributed by atoms with Crippen LogP contribution in [-0.2, 0) is 4.74 Å². The second kappa shape index (κ2) is 4.91. The highest BCUT2D eigenvalue weighted by Crippen LogP contribution is 2.26. The predicted molar refractivity (Wildman–Crippen MR) is 66.6 cm³/mol. The smallest absolute Gasteiger partial charge is 0.316 e. The van der Waals surface area contributed by atoms with Crippen molar-refractivity contribution in [1.82, 2.24) is 20.3 Å². The number of methoxy groups -OCH3 is 1. The van der Waals surface area contributed by atoms with Crippen LogP contribution in [0.3, 0.4) is 0 Å². The molecule has 1 fully saturated rings. The summed E-state index contributed by atoms with van der Waals surface area (Å²) in [6.07, 6.45) is 4.74. The van der Waals surface area contributed by atoms with Crippen molar-refractivity contribution < 1.29 is 9.47 Å². The van der Waals surface area contributed by atoms with Crippen molar-refractivity contribution in [3.63, 3.8) is 0 Å². The number of aromatic nitrogens is 3. The summed E-state index contributed by atoms with van der Waals surface area (Å²) in [6, 6.07) is 0.380. The van der Waals surface area contributed by atoms with Crippen LogP contribution in [0.2, 0.25) is 0 Å². The van der Waals surface area contributed by atoms with E-state index in [1.807, 2.05) is 6.20 Å². The Morgan fingerprint density at radius 1 is 1.50 bits per heavy atom. The van der Waals surface area contributed by atoms with E-state index in [1.54, 1.807) is 13.3 Å². The topological polar surface area (TPSA) is 72.1 Å². The summed E-state index contributed by atoms with van der Waals surface area (Å²) in [5, 5.41) is 3.37. The monoisotopic (exact) mass is 248 g/mol. The Kier molecular flexibility index (Phi) is 3.12. The second-order valence-electron chi connectivity index (χ2n) is 4.28. The number of aromatic amines is 1. The summed E-state index contributed by atoms with van der Waals surface area (Å²) in [5.74, 6) is 0. The van der Waals surface area contributed by atoms with Crippen molar-refractivity contribution in [2.24, 2.45) is 0 Å². The fraction of sp³-hybridized carbons (Fsp3) is 0.500. The first-order valence-corrected chi connectivity index (χ1v) is 6.09. The molecule has 2 aromatic rings. The zero-order valence-corrected chi connectivity index (χ0v) is 10.3. The zero-order valence-electron chi connectivity index (χ0n) is 10.3. The Morgan fingerprint density at radius 2 is 2.44 bits per heavy atom. The quantitative estimate of drug-likeness (QED) is 0.830. The molecule has 6 nitrogen and oxygen atoms in total. The van der Waals surface area contributed by atoms with Crippen LogP contribution in [-0.4, -0.2) is 41.8 Å². The maximum atomic E-state index is 5.85. The summed E-state index contributed by atoms with van der Waals surface area (Å²) in [5.41, 5.74) is 2.83. The first-order chi connectivity index (χ1) is 8.88. The minimum Gasteiger partial charge on any atom is -0.467 e. The van der Waals surface area contributed by atoms with E-state index in [0.717, 1.165) is 42.7 Å². The standard InChI is InChI=1S/C12H16N4O2/c1-17-12-15-6-9-11(16-12)8(5-14-9)10-7-13-3-2-4-18-10/h5-6,10,13-14H,2-4,7H2,1H3. The molecule has 0 spiro atoms. The molecule has 1 aliphatic heterocycles. The van der Waals surface area contributed by atoms with Gasteiger partial charge in [0.25, 0.3) is 0 Å². The van der Waals surface area contributed by atoms with Gasteiger partial charge in [-0.25, -0.2) is 4.98 Å². The van der Waals surface area contributed by atoms with E-state index in [4.69, 9.17) is 9.47 Å². The van der Waals surface area contributed by atoms with Gasteiger partial charge < -0.3 is 19.8 Å². The lowest BCUT2D eigenvalue weighted by atomic mass is 10.1. The molecule has 18 heavy (non-hydrogen) atoms. The number of rotatable bonds is 2. The van der Waals surface area contributed by atoms with E-state index in [1.165, 1.54) is 0 Å².